The van der Waals surface area contributed by atoms with Gasteiger partial charge >= 0.3 is 11.9 Å². The van der Waals surface area contributed by atoms with Gasteiger partial charge in [0.05, 0.1) is 18.1 Å². The Kier molecular flexibility index (Phi) is 6.45. The van der Waals surface area contributed by atoms with Crippen molar-refractivity contribution in [3.05, 3.63) is 64.1 Å². The number of halogens is 2. The monoisotopic (exact) mass is 470 g/mol. The molecule has 160 valence electrons. The van der Waals surface area contributed by atoms with E-state index in [0.29, 0.717) is 15.6 Å². The number of rotatable bonds is 7. The fourth-order valence-corrected chi connectivity index (χ4v) is 6.37. The second kappa shape index (κ2) is 8.57. The Bertz CT molecular complexity index is 1050. The minimum atomic E-state index is -4.13. The summed E-state index contributed by atoms with van der Waals surface area (Å²) in [4.78, 5) is 26.0. The summed E-state index contributed by atoms with van der Waals surface area (Å²) in [6.45, 7) is 3.12. The molecular formula is C21H20Cl2O6S. The molecule has 2 aromatic carbocycles. The van der Waals surface area contributed by atoms with E-state index in [9.17, 15) is 18.0 Å². The van der Waals surface area contributed by atoms with Gasteiger partial charge in [-0.3, -0.25) is 9.59 Å². The molecule has 3 rings (SSSR count). The van der Waals surface area contributed by atoms with E-state index in [4.69, 9.17) is 32.7 Å². The second-order valence-electron chi connectivity index (χ2n) is 6.76. The molecule has 0 heterocycles. The van der Waals surface area contributed by atoms with Crippen molar-refractivity contribution < 1.29 is 27.5 Å². The van der Waals surface area contributed by atoms with Crippen molar-refractivity contribution in [3.8, 4) is 0 Å². The first-order valence-corrected chi connectivity index (χ1v) is 11.6. The number of esters is 2. The molecule has 1 saturated carbocycles. The minimum Gasteiger partial charge on any atom is -0.465 e. The third-order valence-corrected chi connectivity index (χ3v) is 7.77. The zero-order valence-electron chi connectivity index (χ0n) is 16.3. The van der Waals surface area contributed by atoms with Crippen molar-refractivity contribution in [2.75, 3.05) is 13.2 Å². The lowest BCUT2D eigenvalue weighted by Gasteiger charge is -2.15. The maximum atomic E-state index is 13.5. The number of sulfone groups is 1. The predicted molar refractivity (Wildman–Crippen MR) is 112 cm³/mol. The smallest absolute Gasteiger partial charge is 0.325 e. The van der Waals surface area contributed by atoms with Crippen LogP contribution in [0.25, 0.3) is 0 Å². The van der Waals surface area contributed by atoms with Gasteiger partial charge in [0, 0.05) is 16.0 Å². The first kappa shape index (κ1) is 22.6. The summed E-state index contributed by atoms with van der Waals surface area (Å²) in [5.74, 6) is -2.87. The van der Waals surface area contributed by atoms with Crippen molar-refractivity contribution in [2.24, 2.45) is 5.41 Å². The maximum Gasteiger partial charge on any atom is 0.325 e. The molecule has 0 aliphatic heterocycles. The van der Waals surface area contributed by atoms with E-state index in [2.05, 4.69) is 0 Å². The first-order chi connectivity index (χ1) is 14.2. The molecule has 0 spiro atoms. The Labute approximate surface area is 185 Å². The highest BCUT2D eigenvalue weighted by atomic mass is 35.5. The first-order valence-electron chi connectivity index (χ1n) is 9.30. The number of carbonyl (C=O) groups is 2. The summed E-state index contributed by atoms with van der Waals surface area (Å²) < 4.78 is 37.3. The topological polar surface area (TPSA) is 86.7 Å². The lowest BCUT2D eigenvalue weighted by Crippen LogP contribution is -2.35. The molecular weight excluding hydrogens is 451 g/mol. The number of ether oxygens (including phenoxy) is 2. The molecule has 0 amide bonds. The normalized spacial score (nSPS) is 19.7. The van der Waals surface area contributed by atoms with Gasteiger partial charge in [0.15, 0.2) is 15.3 Å². The van der Waals surface area contributed by atoms with Crippen LogP contribution >= 0.6 is 23.2 Å². The molecule has 0 aromatic heterocycles. The molecule has 2 aromatic rings. The third kappa shape index (κ3) is 3.70. The van der Waals surface area contributed by atoms with Crippen LogP contribution in [-0.4, -0.2) is 38.8 Å². The SMILES string of the molecule is CCOC(=O)C1(C(=O)OCC)[C@H](S(=O)(=O)c2ccc(Cl)cc2)[C@@H]1c1cccc(Cl)c1. The van der Waals surface area contributed by atoms with Gasteiger partial charge in [0.2, 0.25) is 0 Å². The van der Waals surface area contributed by atoms with Crippen LogP contribution in [0, 0.1) is 5.41 Å². The van der Waals surface area contributed by atoms with Gasteiger partial charge in [-0.25, -0.2) is 8.42 Å². The van der Waals surface area contributed by atoms with Gasteiger partial charge in [0.25, 0.3) is 0 Å². The van der Waals surface area contributed by atoms with Crippen LogP contribution < -0.4 is 0 Å². The summed E-state index contributed by atoms with van der Waals surface area (Å²) in [5.41, 5.74) is -1.58. The Hall–Kier alpha value is -2.09. The van der Waals surface area contributed by atoms with Gasteiger partial charge in [-0.2, -0.15) is 0 Å². The number of benzene rings is 2. The van der Waals surface area contributed by atoms with Crippen molar-refractivity contribution in [1.29, 1.82) is 0 Å². The van der Waals surface area contributed by atoms with Crippen molar-refractivity contribution in [1.82, 2.24) is 0 Å². The summed E-state index contributed by atoms with van der Waals surface area (Å²) in [6, 6.07) is 12.0. The maximum absolute atomic E-state index is 13.5. The van der Waals surface area contributed by atoms with E-state index in [1.165, 1.54) is 30.3 Å². The molecule has 30 heavy (non-hydrogen) atoms. The van der Waals surface area contributed by atoms with Gasteiger partial charge in [-0.1, -0.05) is 35.3 Å². The van der Waals surface area contributed by atoms with Crippen LogP contribution in [0.15, 0.2) is 53.4 Å². The summed E-state index contributed by atoms with van der Waals surface area (Å²) in [6.07, 6.45) is 0. The van der Waals surface area contributed by atoms with E-state index in [0.717, 1.165) is 0 Å². The van der Waals surface area contributed by atoms with E-state index < -0.39 is 38.4 Å². The number of hydrogen-bond acceptors (Lipinski definition) is 6. The summed E-state index contributed by atoms with van der Waals surface area (Å²) in [5, 5.41) is -0.690. The standard InChI is InChI=1S/C21H20Cl2O6S/c1-3-28-19(24)21(20(25)29-4-2)17(13-6-5-7-15(23)12-13)18(21)30(26,27)16-10-8-14(22)9-11-16/h5-12,17-18H,3-4H2,1-2H3/t17-,18+/m0/s1. The molecule has 1 aliphatic rings. The average molecular weight is 471 g/mol. The highest BCUT2D eigenvalue weighted by Gasteiger charge is 2.81. The lowest BCUT2D eigenvalue weighted by atomic mass is 9.99. The van der Waals surface area contributed by atoms with Crippen LogP contribution in [0.3, 0.4) is 0 Å². The predicted octanol–water partition coefficient (Wildman–Crippen LogP) is 4.05. The second-order valence-corrected chi connectivity index (χ2v) is 9.70. The van der Waals surface area contributed by atoms with Crippen LogP contribution in [0.5, 0.6) is 0 Å². The van der Waals surface area contributed by atoms with Gasteiger partial charge in [0.1, 0.15) is 5.25 Å². The Morgan fingerprint density at radius 3 is 2.00 bits per heavy atom. The highest BCUT2D eigenvalue weighted by Crippen LogP contribution is 2.65. The van der Waals surface area contributed by atoms with Gasteiger partial charge in [-0.15, -0.1) is 0 Å². The van der Waals surface area contributed by atoms with Crippen molar-refractivity contribution >= 4 is 45.0 Å². The van der Waals surface area contributed by atoms with E-state index in [1.807, 2.05) is 0 Å². The zero-order chi connectivity index (χ0) is 22.1. The van der Waals surface area contributed by atoms with E-state index >= 15 is 0 Å². The largest absolute Gasteiger partial charge is 0.465 e. The molecule has 0 unspecified atom stereocenters. The van der Waals surface area contributed by atoms with E-state index in [1.54, 1.807) is 32.0 Å². The Balaban J connectivity index is 2.21. The van der Waals surface area contributed by atoms with Crippen LogP contribution in [0.1, 0.15) is 25.3 Å². The van der Waals surface area contributed by atoms with Crippen LogP contribution in [-0.2, 0) is 28.9 Å². The van der Waals surface area contributed by atoms with Crippen molar-refractivity contribution in [2.45, 2.75) is 29.9 Å². The van der Waals surface area contributed by atoms with Crippen LogP contribution in [0.4, 0.5) is 0 Å². The molecule has 0 bridgehead atoms. The zero-order valence-corrected chi connectivity index (χ0v) is 18.6. The molecule has 2 atom stereocenters. The molecule has 9 heteroatoms. The van der Waals surface area contributed by atoms with E-state index in [-0.39, 0.29) is 18.1 Å². The minimum absolute atomic E-state index is 0.0179. The molecule has 1 aliphatic carbocycles. The molecule has 0 radical (unpaired) electrons. The Morgan fingerprint density at radius 1 is 0.933 bits per heavy atom. The summed E-state index contributed by atoms with van der Waals surface area (Å²) in [7, 11) is -4.13. The highest BCUT2D eigenvalue weighted by molar-refractivity contribution is 7.92. The summed E-state index contributed by atoms with van der Waals surface area (Å²) >= 11 is 12.0. The molecule has 6 nitrogen and oxygen atoms in total. The third-order valence-electron chi connectivity index (χ3n) is 5.04. The molecule has 0 N–H and O–H groups in total. The van der Waals surface area contributed by atoms with Gasteiger partial charge in [-0.05, 0) is 55.8 Å². The lowest BCUT2D eigenvalue weighted by molar-refractivity contribution is -0.164. The Morgan fingerprint density at radius 2 is 1.50 bits per heavy atom. The fraction of sp³-hybridized carbons (Fsp3) is 0.333. The molecule has 0 saturated heterocycles. The number of carbonyl (C=O) groups excluding carboxylic acids is 2. The van der Waals surface area contributed by atoms with Crippen molar-refractivity contribution in [3.63, 3.8) is 0 Å². The average Bonchev–Trinajstić information content (AvgIpc) is 3.41. The van der Waals surface area contributed by atoms with Crippen LogP contribution in [0.2, 0.25) is 10.0 Å². The fourth-order valence-electron chi connectivity index (χ4n) is 3.76. The molecule has 1 fully saturated rings. The van der Waals surface area contributed by atoms with Gasteiger partial charge < -0.3 is 9.47 Å². The number of hydrogen-bond donors (Lipinski definition) is 0. The quantitative estimate of drug-likeness (QED) is 0.448.